The summed E-state index contributed by atoms with van der Waals surface area (Å²) in [6.07, 6.45) is 0. The second kappa shape index (κ2) is 10.8. The van der Waals surface area contributed by atoms with Crippen molar-refractivity contribution in [3.63, 3.8) is 0 Å². The van der Waals surface area contributed by atoms with E-state index in [1.54, 1.807) is 41.9 Å². The summed E-state index contributed by atoms with van der Waals surface area (Å²) in [4.78, 5) is 25.5. The van der Waals surface area contributed by atoms with Crippen molar-refractivity contribution in [1.29, 1.82) is 0 Å². The van der Waals surface area contributed by atoms with E-state index in [4.69, 9.17) is 14.2 Å². The summed E-state index contributed by atoms with van der Waals surface area (Å²) in [6, 6.07) is 21.8. The quantitative estimate of drug-likeness (QED) is 0.341. The first-order chi connectivity index (χ1) is 17.4. The van der Waals surface area contributed by atoms with Gasteiger partial charge in [0.25, 0.3) is 5.91 Å². The Balaban J connectivity index is 1.71. The Kier molecular flexibility index (Phi) is 7.34. The van der Waals surface area contributed by atoms with Gasteiger partial charge in [-0.25, -0.2) is 9.48 Å². The van der Waals surface area contributed by atoms with Crippen LogP contribution in [0, 0.1) is 6.92 Å². The minimum atomic E-state index is -0.498. The van der Waals surface area contributed by atoms with E-state index in [2.05, 4.69) is 10.4 Å². The number of carbonyl (C=O) groups excluding carboxylic acids is 2. The number of anilines is 1. The highest BCUT2D eigenvalue weighted by atomic mass is 16.5. The minimum Gasteiger partial charge on any atom is -0.497 e. The molecule has 0 spiro atoms. The van der Waals surface area contributed by atoms with Crippen molar-refractivity contribution in [3.8, 4) is 28.4 Å². The maximum Gasteiger partial charge on any atom is 0.358 e. The van der Waals surface area contributed by atoms with Gasteiger partial charge in [0, 0.05) is 22.9 Å². The number of hydrogen-bond acceptors (Lipinski definition) is 6. The van der Waals surface area contributed by atoms with E-state index in [9.17, 15) is 9.59 Å². The number of hydrogen-bond donors (Lipinski definition) is 1. The standard InChI is InChI=1S/C28H27N3O5/c1-5-36-28(33)24-17-26(31(30-24)25-12-7-6-9-18(25)2)19-10-8-11-21(13-19)29-27(32)20-14-22(34-3)16-23(15-20)35-4/h6-17H,5H2,1-4H3,(H,29,32). The van der Waals surface area contributed by atoms with Crippen molar-refractivity contribution in [2.75, 3.05) is 26.1 Å². The summed E-state index contributed by atoms with van der Waals surface area (Å²) in [5.41, 5.74) is 4.46. The predicted molar refractivity (Wildman–Crippen MR) is 137 cm³/mol. The first kappa shape index (κ1) is 24.5. The number of methoxy groups -OCH3 is 2. The molecular weight excluding hydrogens is 458 g/mol. The lowest BCUT2D eigenvalue weighted by Gasteiger charge is -2.12. The number of ether oxygens (including phenoxy) is 3. The van der Waals surface area contributed by atoms with Crippen LogP contribution in [0.3, 0.4) is 0 Å². The van der Waals surface area contributed by atoms with E-state index in [-0.39, 0.29) is 18.2 Å². The van der Waals surface area contributed by atoms with Crippen molar-refractivity contribution in [3.05, 3.63) is 89.6 Å². The molecule has 1 aromatic heterocycles. The zero-order chi connectivity index (χ0) is 25.7. The summed E-state index contributed by atoms with van der Waals surface area (Å²) in [6.45, 7) is 3.98. The molecule has 1 heterocycles. The number of benzene rings is 3. The van der Waals surface area contributed by atoms with Crippen LogP contribution in [0.4, 0.5) is 5.69 Å². The molecule has 0 saturated carbocycles. The molecule has 8 nitrogen and oxygen atoms in total. The Labute approximate surface area is 209 Å². The Morgan fingerprint density at radius 2 is 1.64 bits per heavy atom. The zero-order valence-corrected chi connectivity index (χ0v) is 20.6. The van der Waals surface area contributed by atoms with Gasteiger partial charge in [0.2, 0.25) is 0 Å². The molecule has 184 valence electrons. The molecule has 8 heteroatoms. The molecule has 4 rings (SSSR count). The van der Waals surface area contributed by atoms with Gasteiger partial charge in [-0.15, -0.1) is 0 Å². The summed E-state index contributed by atoms with van der Waals surface area (Å²) in [5, 5.41) is 7.46. The zero-order valence-electron chi connectivity index (χ0n) is 20.6. The van der Waals surface area contributed by atoms with E-state index < -0.39 is 5.97 Å². The largest absolute Gasteiger partial charge is 0.497 e. The minimum absolute atomic E-state index is 0.202. The highest BCUT2D eigenvalue weighted by Crippen LogP contribution is 2.29. The summed E-state index contributed by atoms with van der Waals surface area (Å²) >= 11 is 0. The van der Waals surface area contributed by atoms with Gasteiger partial charge in [0.05, 0.1) is 32.2 Å². The molecule has 3 aromatic carbocycles. The molecule has 0 aliphatic rings. The van der Waals surface area contributed by atoms with Gasteiger partial charge in [-0.2, -0.15) is 5.10 Å². The molecule has 1 amide bonds. The molecule has 0 fully saturated rings. The molecule has 4 aromatic rings. The molecule has 0 bridgehead atoms. The Morgan fingerprint density at radius 3 is 2.31 bits per heavy atom. The Morgan fingerprint density at radius 1 is 0.917 bits per heavy atom. The van der Waals surface area contributed by atoms with Gasteiger partial charge < -0.3 is 19.5 Å². The number of rotatable bonds is 8. The van der Waals surface area contributed by atoms with Crippen molar-refractivity contribution in [2.45, 2.75) is 13.8 Å². The fourth-order valence-electron chi connectivity index (χ4n) is 3.77. The molecule has 0 saturated heterocycles. The van der Waals surface area contributed by atoms with Gasteiger partial charge in [0.1, 0.15) is 11.5 Å². The number of esters is 1. The van der Waals surface area contributed by atoms with E-state index in [0.29, 0.717) is 28.4 Å². The van der Waals surface area contributed by atoms with Crippen LogP contribution in [0.2, 0.25) is 0 Å². The molecule has 36 heavy (non-hydrogen) atoms. The SMILES string of the molecule is CCOC(=O)c1cc(-c2cccc(NC(=O)c3cc(OC)cc(OC)c3)c2)n(-c2ccccc2C)n1. The third-order valence-corrected chi connectivity index (χ3v) is 5.57. The van der Waals surface area contributed by atoms with Crippen LogP contribution < -0.4 is 14.8 Å². The van der Waals surface area contributed by atoms with Crippen LogP contribution in [0.15, 0.2) is 72.8 Å². The van der Waals surface area contributed by atoms with Crippen molar-refractivity contribution in [2.24, 2.45) is 0 Å². The van der Waals surface area contributed by atoms with E-state index >= 15 is 0 Å². The lowest BCUT2D eigenvalue weighted by molar-refractivity contribution is 0.0518. The first-order valence-corrected chi connectivity index (χ1v) is 11.4. The van der Waals surface area contributed by atoms with Crippen molar-refractivity contribution in [1.82, 2.24) is 9.78 Å². The second-order valence-corrected chi connectivity index (χ2v) is 7.97. The lowest BCUT2D eigenvalue weighted by Crippen LogP contribution is -2.12. The number of amides is 1. The van der Waals surface area contributed by atoms with Gasteiger partial charge >= 0.3 is 5.97 Å². The molecule has 0 aliphatic heterocycles. The van der Waals surface area contributed by atoms with Crippen LogP contribution in [0.25, 0.3) is 16.9 Å². The van der Waals surface area contributed by atoms with E-state index in [1.165, 1.54) is 14.2 Å². The van der Waals surface area contributed by atoms with E-state index in [1.807, 2.05) is 49.4 Å². The van der Waals surface area contributed by atoms with Crippen LogP contribution in [0.5, 0.6) is 11.5 Å². The van der Waals surface area contributed by atoms with Crippen LogP contribution in [0.1, 0.15) is 33.3 Å². The smallest absolute Gasteiger partial charge is 0.358 e. The Hall–Kier alpha value is -4.59. The molecular formula is C28H27N3O5. The third-order valence-electron chi connectivity index (χ3n) is 5.57. The highest BCUT2D eigenvalue weighted by molar-refractivity contribution is 6.05. The van der Waals surface area contributed by atoms with Gasteiger partial charge in [0.15, 0.2) is 5.69 Å². The molecule has 0 unspecified atom stereocenters. The average Bonchev–Trinajstić information content (AvgIpc) is 3.34. The first-order valence-electron chi connectivity index (χ1n) is 11.4. The summed E-state index contributed by atoms with van der Waals surface area (Å²) in [5.74, 6) is 0.218. The third kappa shape index (κ3) is 5.22. The monoisotopic (exact) mass is 485 g/mol. The van der Waals surface area contributed by atoms with Crippen molar-refractivity contribution < 1.29 is 23.8 Å². The second-order valence-electron chi connectivity index (χ2n) is 7.97. The van der Waals surface area contributed by atoms with Crippen LogP contribution in [-0.2, 0) is 4.74 Å². The molecule has 1 N–H and O–H groups in total. The maximum absolute atomic E-state index is 13.0. The number of carbonyl (C=O) groups is 2. The number of nitrogens with zero attached hydrogens (tertiary/aromatic N) is 2. The Bertz CT molecular complexity index is 1390. The number of nitrogens with one attached hydrogen (secondary N) is 1. The number of aromatic nitrogens is 2. The normalized spacial score (nSPS) is 10.6. The fourth-order valence-corrected chi connectivity index (χ4v) is 3.77. The number of aryl methyl sites for hydroxylation is 1. The summed E-state index contributed by atoms with van der Waals surface area (Å²) < 4.78 is 17.4. The maximum atomic E-state index is 13.0. The van der Waals surface area contributed by atoms with E-state index in [0.717, 1.165) is 16.8 Å². The van der Waals surface area contributed by atoms with Gasteiger partial charge in [-0.3, -0.25) is 4.79 Å². The van der Waals surface area contributed by atoms with Crippen LogP contribution >= 0.6 is 0 Å². The van der Waals surface area contributed by atoms with Gasteiger partial charge in [-0.05, 0) is 55.8 Å². The highest BCUT2D eigenvalue weighted by Gasteiger charge is 2.19. The fraction of sp³-hybridized carbons (Fsp3) is 0.179. The summed E-state index contributed by atoms with van der Waals surface area (Å²) in [7, 11) is 3.06. The topological polar surface area (TPSA) is 91.7 Å². The number of para-hydroxylation sites is 1. The van der Waals surface area contributed by atoms with Gasteiger partial charge in [-0.1, -0.05) is 30.3 Å². The predicted octanol–water partition coefficient (Wildman–Crippen LogP) is 5.29. The lowest BCUT2D eigenvalue weighted by atomic mass is 10.1. The molecule has 0 aliphatic carbocycles. The molecule has 0 atom stereocenters. The average molecular weight is 486 g/mol. The van der Waals surface area contributed by atoms with Crippen LogP contribution in [-0.4, -0.2) is 42.5 Å². The molecule has 0 radical (unpaired) electrons. The van der Waals surface area contributed by atoms with Crippen molar-refractivity contribution >= 4 is 17.6 Å².